The molecule has 1 aliphatic heterocycles. The molecule has 2 aromatic rings. The van der Waals surface area contributed by atoms with Gasteiger partial charge in [-0.25, -0.2) is 8.42 Å². The molecule has 0 radical (unpaired) electrons. The van der Waals surface area contributed by atoms with Crippen LogP contribution in [-0.4, -0.2) is 38.3 Å². The van der Waals surface area contributed by atoms with E-state index in [1.54, 1.807) is 0 Å². The largest absolute Gasteiger partial charge is 0.333 e. The van der Waals surface area contributed by atoms with Crippen LogP contribution in [-0.2, 0) is 14.8 Å². The molecule has 1 atom stereocenters. The van der Waals surface area contributed by atoms with E-state index in [2.05, 4.69) is 5.32 Å². The Morgan fingerprint density at radius 3 is 2.54 bits per heavy atom. The zero-order valence-corrected chi connectivity index (χ0v) is 17.3. The topological polar surface area (TPSA) is 83.1 Å². The standard InChI is InChI=1S/C20H24ClN3O3S/c1-15(16-7-3-2-4-8-16)22-14-20(25)23-19-13-17(9-10-18(19)21)28(26,27)24-11-5-6-12-24/h2-4,7-10,13,15,22H,5-6,11-12,14H2,1H3,(H,23,25)/p+1/t15-/m0/s1. The van der Waals surface area contributed by atoms with Crippen molar-refractivity contribution < 1.29 is 18.5 Å². The van der Waals surface area contributed by atoms with Crippen molar-refractivity contribution in [3.63, 3.8) is 0 Å². The molecule has 28 heavy (non-hydrogen) atoms. The van der Waals surface area contributed by atoms with Gasteiger partial charge in [0.15, 0.2) is 6.54 Å². The Hall–Kier alpha value is -1.93. The minimum absolute atomic E-state index is 0.129. The van der Waals surface area contributed by atoms with Gasteiger partial charge in [-0.05, 0) is 38.0 Å². The molecule has 1 saturated heterocycles. The van der Waals surface area contributed by atoms with Crippen molar-refractivity contribution >= 4 is 33.2 Å². The number of carbonyl (C=O) groups is 1. The molecule has 0 bridgehead atoms. The minimum Gasteiger partial charge on any atom is -0.333 e. The average molecular weight is 423 g/mol. The van der Waals surface area contributed by atoms with Gasteiger partial charge in [-0.15, -0.1) is 0 Å². The molecule has 3 N–H and O–H groups in total. The van der Waals surface area contributed by atoms with Crippen LogP contribution in [0.2, 0.25) is 5.02 Å². The smallest absolute Gasteiger partial charge is 0.279 e. The lowest BCUT2D eigenvalue weighted by molar-refractivity contribution is -0.682. The summed E-state index contributed by atoms with van der Waals surface area (Å²) in [5.74, 6) is -0.236. The van der Waals surface area contributed by atoms with Crippen LogP contribution in [0, 0.1) is 0 Å². The Morgan fingerprint density at radius 2 is 1.86 bits per heavy atom. The van der Waals surface area contributed by atoms with E-state index in [0.29, 0.717) is 23.8 Å². The Morgan fingerprint density at radius 1 is 1.18 bits per heavy atom. The number of quaternary nitrogens is 1. The summed E-state index contributed by atoms with van der Waals surface area (Å²) in [6.45, 7) is 3.28. The molecular weight excluding hydrogens is 398 g/mol. The number of hydrogen-bond acceptors (Lipinski definition) is 3. The van der Waals surface area contributed by atoms with Gasteiger partial charge in [-0.3, -0.25) is 4.79 Å². The first-order valence-corrected chi connectivity index (χ1v) is 11.2. The molecule has 8 heteroatoms. The molecule has 1 fully saturated rings. The predicted octanol–water partition coefficient (Wildman–Crippen LogP) is 2.39. The number of sulfonamides is 1. The fourth-order valence-corrected chi connectivity index (χ4v) is 4.92. The van der Waals surface area contributed by atoms with E-state index in [1.165, 1.54) is 22.5 Å². The molecule has 6 nitrogen and oxygen atoms in total. The molecule has 1 heterocycles. The van der Waals surface area contributed by atoms with Crippen LogP contribution in [0.4, 0.5) is 5.69 Å². The Bertz CT molecular complexity index is 929. The Kier molecular flexibility index (Phi) is 6.72. The number of hydrogen-bond donors (Lipinski definition) is 2. The summed E-state index contributed by atoms with van der Waals surface area (Å²) < 4.78 is 26.9. The van der Waals surface area contributed by atoms with Crippen LogP contribution in [0.3, 0.4) is 0 Å². The quantitative estimate of drug-likeness (QED) is 0.718. The van der Waals surface area contributed by atoms with Gasteiger partial charge in [0.25, 0.3) is 5.91 Å². The molecule has 3 rings (SSSR count). The molecule has 0 saturated carbocycles. The summed E-state index contributed by atoms with van der Waals surface area (Å²) in [6.07, 6.45) is 1.73. The molecule has 0 aromatic heterocycles. The number of rotatable bonds is 7. The van der Waals surface area contributed by atoms with Gasteiger partial charge in [0.2, 0.25) is 10.0 Å². The fourth-order valence-electron chi connectivity index (χ4n) is 3.22. The van der Waals surface area contributed by atoms with E-state index in [1.807, 2.05) is 42.6 Å². The molecule has 0 aliphatic carbocycles. The van der Waals surface area contributed by atoms with Gasteiger partial charge in [-0.1, -0.05) is 41.9 Å². The highest BCUT2D eigenvalue weighted by atomic mass is 35.5. The van der Waals surface area contributed by atoms with E-state index in [-0.39, 0.29) is 23.4 Å². The first kappa shape index (κ1) is 20.8. The number of amides is 1. The van der Waals surface area contributed by atoms with Gasteiger partial charge < -0.3 is 10.6 Å². The van der Waals surface area contributed by atoms with E-state index in [0.717, 1.165) is 18.4 Å². The van der Waals surface area contributed by atoms with Crippen molar-refractivity contribution in [3.8, 4) is 0 Å². The van der Waals surface area contributed by atoms with Crippen LogP contribution in [0.5, 0.6) is 0 Å². The molecule has 1 amide bonds. The third kappa shape index (κ3) is 4.91. The molecule has 0 spiro atoms. The van der Waals surface area contributed by atoms with Crippen molar-refractivity contribution in [1.82, 2.24) is 4.31 Å². The second kappa shape index (κ2) is 9.05. The highest BCUT2D eigenvalue weighted by Crippen LogP contribution is 2.28. The second-order valence-electron chi connectivity index (χ2n) is 6.94. The highest BCUT2D eigenvalue weighted by molar-refractivity contribution is 7.89. The molecule has 1 aliphatic rings. The Labute approximate surface area is 170 Å². The summed E-state index contributed by atoms with van der Waals surface area (Å²) in [7, 11) is -3.56. The monoisotopic (exact) mass is 422 g/mol. The average Bonchev–Trinajstić information content (AvgIpc) is 3.24. The maximum absolute atomic E-state index is 12.7. The normalized spacial score (nSPS) is 16.1. The summed E-state index contributed by atoms with van der Waals surface area (Å²) in [6, 6.07) is 14.5. The molecule has 150 valence electrons. The Balaban J connectivity index is 1.65. The number of nitrogens with zero attached hydrogens (tertiary/aromatic N) is 1. The minimum atomic E-state index is -3.56. The molecule has 2 aromatic carbocycles. The number of halogens is 1. The van der Waals surface area contributed by atoms with E-state index in [4.69, 9.17) is 11.6 Å². The SMILES string of the molecule is C[C@H]([NH2+]CC(=O)Nc1cc(S(=O)(=O)N2CCCC2)ccc1Cl)c1ccccc1. The van der Waals surface area contributed by atoms with Gasteiger partial charge in [-0.2, -0.15) is 4.31 Å². The van der Waals surface area contributed by atoms with E-state index >= 15 is 0 Å². The molecule has 0 unspecified atom stereocenters. The second-order valence-corrected chi connectivity index (χ2v) is 9.29. The van der Waals surface area contributed by atoms with Crippen LogP contribution >= 0.6 is 11.6 Å². The van der Waals surface area contributed by atoms with Gasteiger partial charge in [0.1, 0.15) is 6.04 Å². The first-order chi connectivity index (χ1) is 13.4. The predicted molar refractivity (Wildman–Crippen MR) is 110 cm³/mol. The highest BCUT2D eigenvalue weighted by Gasteiger charge is 2.27. The maximum atomic E-state index is 12.7. The van der Waals surface area contributed by atoms with E-state index in [9.17, 15) is 13.2 Å². The maximum Gasteiger partial charge on any atom is 0.279 e. The van der Waals surface area contributed by atoms with Crippen LogP contribution in [0.15, 0.2) is 53.4 Å². The number of benzene rings is 2. The van der Waals surface area contributed by atoms with Crippen LogP contribution in [0.25, 0.3) is 0 Å². The first-order valence-electron chi connectivity index (χ1n) is 9.36. The van der Waals surface area contributed by atoms with Gasteiger partial charge in [0, 0.05) is 18.7 Å². The van der Waals surface area contributed by atoms with Crippen molar-refractivity contribution in [3.05, 3.63) is 59.1 Å². The number of anilines is 1. The number of nitrogens with two attached hydrogens (primary N) is 1. The van der Waals surface area contributed by atoms with Crippen LogP contribution < -0.4 is 10.6 Å². The van der Waals surface area contributed by atoms with E-state index < -0.39 is 10.0 Å². The lowest BCUT2D eigenvalue weighted by atomic mass is 10.1. The fraction of sp³-hybridized carbons (Fsp3) is 0.350. The summed E-state index contributed by atoms with van der Waals surface area (Å²) >= 11 is 6.18. The summed E-state index contributed by atoms with van der Waals surface area (Å²) in [4.78, 5) is 12.5. The van der Waals surface area contributed by atoms with Gasteiger partial charge in [0.05, 0.1) is 15.6 Å². The van der Waals surface area contributed by atoms with Crippen molar-refractivity contribution in [2.45, 2.75) is 30.7 Å². The third-order valence-corrected chi connectivity index (χ3v) is 7.12. The summed E-state index contributed by atoms with van der Waals surface area (Å²) in [5.41, 5.74) is 1.44. The van der Waals surface area contributed by atoms with Gasteiger partial charge >= 0.3 is 0 Å². The zero-order valence-electron chi connectivity index (χ0n) is 15.8. The van der Waals surface area contributed by atoms with Crippen molar-refractivity contribution in [2.75, 3.05) is 25.0 Å². The number of nitrogens with one attached hydrogen (secondary N) is 1. The lowest BCUT2D eigenvalue weighted by Gasteiger charge is -2.17. The van der Waals surface area contributed by atoms with Crippen LogP contribution in [0.1, 0.15) is 31.4 Å². The number of carbonyl (C=O) groups excluding carboxylic acids is 1. The summed E-state index contributed by atoms with van der Waals surface area (Å²) in [5, 5.41) is 4.97. The lowest BCUT2D eigenvalue weighted by Crippen LogP contribution is -2.86. The zero-order chi connectivity index (χ0) is 20.1. The van der Waals surface area contributed by atoms with Crippen molar-refractivity contribution in [2.24, 2.45) is 0 Å². The molecular formula is C20H25ClN3O3S+. The third-order valence-electron chi connectivity index (χ3n) is 4.90. The van der Waals surface area contributed by atoms with Crippen molar-refractivity contribution in [1.29, 1.82) is 0 Å².